The highest BCUT2D eigenvalue weighted by Crippen LogP contribution is 2.21. The number of nitrogens with zero attached hydrogens (tertiary/aromatic N) is 3. The fraction of sp³-hybridized carbons (Fsp3) is 0.211. The molecule has 27 heavy (non-hydrogen) atoms. The van der Waals surface area contributed by atoms with Crippen molar-refractivity contribution in [2.75, 3.05) is 5.75 Å². The molecule has 0 atom stereocenters. The zero-order valence-corrected chi connectivity index (χ0v) is 15.9. The number of thioether (sulfide) groups is 1. The lowest BCUT2D eigenvalue weighted by Crippen LogP contribution is -1.95. The van der Waals surface area contributed by atoms with Gasteiger partial charge in [0, 0.05) is 17.2 Å². The Kier molecular flexibility index (Phi) is 5.60. The molecule has 2 aromatic heterocycles. The van der Waals surface area contributed by atoms with Gasteiger partial charge in [-0.25, -0.2) is 4.98 Å². The molecule has 0 radical (unpaired) electrons. The third kappa shape index (κ3) is 4.81. The van der Waals surface area contributed by atoms with Crippen LogP contribution in [0.2, 0.25) is 5.02 Å². The van der Waals surface area contributed by atoms with Gasteiger partial charge in [0.25, 0.3) is 11.1 Å². The first-order valence-corrected chi connectivity index (χ1v) is 9.80. The molecule has 6 nitrogen and oxygen atoms in total. The lowest BCUT2D eigenvalue weighted by molar-refractivity contribution is 0.252. The zero-order valence-electron chi connectivity index (χ0n) is 14.3. The second-order valence-corrected chi connectivity index (χ2v) is 7.21. The molecule has 0 N–H and O–H groups in total. The Bertz CT molecular complexity index is 983. The Morgan fingerprint density at radius 2 is 1.81 bits per heavy atom. The van der Waals surface area contributed by atoms with Crippen LogP contribution >= 0.6 is 23.4 Å². The molecule has 0 aliphatic rings. The van der Waals surface area contributed by atoms with Crippen LogP contribution in [0.4, 0.5) is 0 Å². The second-order valence-electron chi connectivity index (χ2n) is 5.73. The van der Waals surface area contributed by atoms with Crippen LogP contribution in [0.3, 0.4) is 0 Å². The van der Waals surface area contributed by atoms with Crippen molar-refractivity contribution in [2.24, 2.45) is 0 Å². The maximum atomic E-state index is 5.84. The van der Waals surface area contributed by atoms with Gasteiger partial charge in [0.2, 0.25) is 0 Å². The van der Waals surface area contributed by atoms with Gasteiger partial charge < -0.3 is 13.6 Å². The number of ether oxygens (including phenoxy) is 1. The first-order chi connectivity index (χ1) is 13.3. The lowest BCUT2D eigenvalue weighted by Gasteiger charge is -2.02. The first-order valence-electron chi connectivity index (χ1n) is 8.44. The SMILES string of the molecule is Clc1ccc(OCc2nnc(SCCCc3nc4ccccc4o3)o2)cc1. The summed E-state index contributed by atoms with van der Waals surface area (Å²) in [6, 6.07) is 14.9. The number of para-hydroxylation sites is 2. The van der Waals surface area contributed by atoms with E-state index in [4.69, 9.17) is 25.2 Å². The third-order valence-corrected chi connectivity index (χ3v) is 4.88. The summed E-state index contributed by atoms with van der Waals surface area (Å²) in [5.74, 6) is 2.72. The van der Waals surface area contributed by atoms with Gasteiger partial charge in [-0.2, -0.15) is 0 Å². The predicted molar refractivity (Wildman–Crippen MR) is 103 cm³/mol. The van der Waals surface area contributed by atoms with Crippen molar-refractivity contribution in [2.45, 2.75) is 24.7 Å². The van der Waals surface area contributed by atoms with Gasteiger partial charge >= 0.3 is 0 Å². The lowest BCUT2D eigenvalue weighted by atomic mass is 10.3. The molecule has 4 aromatic rings. The van der Waals surface area contributed by atoms with Crippen LogP contribution < -0.4 is 4.74 Å². The van der Waals surface area contributed by atoms with Gasteiger partial charge in [-0.3, -0.25) is 0 Å². The zero-order chi connectivity index (χ0) is 18.5. The molecule has 0 amide bonds. The van der Waals surface area contributed by atoms with E-state index in [1.807, 2.05) is 24.3 Å². The first kappa shape index (κ1) is 17.9. The van der Waals surface area contributed by atoms with E-state index in [1.165, 1.54) is 11.8 Å². The number of aryl methyl sites for hydroxylation is 1. The highest BCUT2D eigenvalue weighted by atomic mass is 35.5. The maximum absolute atomic E-state index is 5.84. The van der Waals surface area contributed by atoms with Crippen molar-refractivity contribution in [3.63, 3.8) is 0 Å². The summed E-state index contributed by atoms with van der Waals surface area (Å²) in [7, 11) is 0. The topological polar surface area (TPSA) is 74.2 Å². The molecule has 0 spiro atoms. The number of benzene rings is 2. The van der Waals surface area contributed by atoms with Gasteiger partial charge in [-0.1, -0.05) is 35.5 Å². The van der Waals surface area contributed by atoms with E-state index in [0.29, 0.717) is 21.9 Å². The summed E-state index contributed by atoms with van der Waals surface area (Å²) in [4.78, 5) is 4.47. The van der Waals surface area contributed by atoms with E-state index in [1.54, 1.807) is 24.3 Å². The maximum Gasteiger partial charge on any atom is 0.276 e. The standard InChI is InChI=1S/C19H16ClN3O3S/c20-13-7-9-14(10-8-13)24-12-18-22-23-19(26-18)27-11-3-6-17-21-15-4-1-2-5-16(15)25-17/h1-2,4-5,7-10H,3,6,11-12H2. The molecule has 0 saturated carbocycles. The molecular weight excluding hydrogens is 386 g/mol. The number of fused-ring (bicyclic) bond motifs is 1. The Morgan fingerprint density at radius 3 is 2.67 bits per heavy atom. The van der Waals surface area contributed by atoms with E-state index in [2.05, 4.69) is 15.2 Å². The van der Waals surface area contributed by atoms with Crippen LogP contribution in [-0.4, -0.2) is 20.9 Å². The number of halogens is 1. The van der Waals surface area contributed by atoms with Crippen LogP contribution in [0, 0.1) is 0 Å². The molecule has 0 aliphatic carbocycles. The second kappa shape index (κ2) is 8.45. The van der Waals surface area contributed by atoms with Crippen molar-refractivity contribution in [1.82, 2.24) is 15.2 Å². The van der Waals surface area contributed by atoms with E-state index in [-0.39, 0.29) is 6.61 Å². The molecule has 0 aliphatic heterocycles. The van der Waals surface area contributed by atoms with E-state index in [0.717, 1.165) is 35.6 Å². The highest BCUT2D eigenvalue weighted by Gasteiger charge is 2.09. The number of oxazole rings is 1. The van der Waals surface area contributed by atoms with Crippen molar-refractivity contribution in [3.8, 4) is 5.75 Å². The van der Waals surface area contributed by atoms with Crippen LogP contribution in [0.15, 0.2) is 62.6 Å². The van der Waals surface area contributed by atoms with Crippen LogP contribution in [0.5, 0.6) is 5.75 Å². The number of hydrogen-bond donors (Lipinski definition) is 0. The summed E-state index contributed by atoms with van der Waals surface area (Å²) < 4.78 is 16.9. The average Bonchev–Trinajstić information content (AvgIpc) is 3.31. The summed E-state index contributed by atoms with van der Waals surface area (Å²) in [5, 5.41) is 9.22. The van der Waals surface area contributed by atoms with Gasteiger partial charge in [0.05, 0.1) is 0 Å². The monoisotopic (exact) mass is 401 g/mol. The molecule has 4 rings (SSSR count). The quantitative estimate of drug-likeness (QED) is 0.298. The van der Waals surface area contributed by atoms with E-state index >= 15 is 0 Å². The minimum absolute atomic E-state index is 0.220. The highest BCUT2D eigenvalue weighted by molar-refractivity contribution is 7.99. The van der Waals surface area contributed by atoms with Crippen molar-refractivity contribution in [3.05, 3.63) is 65.3 Å². The average molecular weight is 402 g/mol. The van der Waals surface area contributed by atoms with Crippen LogP contribution in [0.25, 0.3) is 11.1 Å². The summed E-state index contributed by atoms with van der Waals surface area (Å²) >= 11 is 7.35. The normalized spacial score (nSPS) is 11.1. The molecule has 0 saturated heterocycles. The molecule has 2 heterocycles. The van der Waals surface area contributed by atoms with Crippen LogP contribution in [0.1, 0.15) is 18.2 Å². The fourth-order valence-electron chi connectivity index (χ4n) is 2.44. The minimum atomic E-state index is 0.220. The van der Waals surface area contributed by atoms with Crippen molar-refractivity contribution >= 4 is 34.5 Å². The fourth-order valence-corrected chi connectivity index (χ4v) is 3.28. The molecular formula is C19H16ClN3O3S. The largest absolute Gasteiger partial charge is 0.484 e. The molecule has 8 heteroatoms. The molecule has 2 aromatic carbocycles. The summed E-state index contributed by atoms with van der Waals surface area (Å²) in [6.07, 6.45) is 1.67. The molecule has 138 valence electrons. The van der Waals surface area contributed by atoms with Crippen molar-refractivity contribution in [1.29, 1.82) is 0 Å². The number of aromatic nitrogens is 3. The number of rotatable bonds is 8. The number of hydrogen-bond acceptors (Lipinski definition) is 7. The Balaban J connectivity index is 1.21. The Morgan fingerprint density at radius 1 is 0.963 bits per heavy atom. The van der Waals surface area contributed by atoms with E-state index < -0.39 is 0 Å². The summed E-state index contributed by atoms with van der Waals surface area (Å²) in [6.45, 7) is 0.220. The Hall–Kier alpha value is -2.51. The van der Waals surface area contributed by atoms with Gasteiger partial charge in [0.1, 0.15) is 11.3 Å². The molecule has 0 fully saturated rings. The van der Waals surface area contributed by atoms with Crippen LogP contribution in [-0.2, 0) is 13.0 Å². The molecule has 0 unspecified atom stereocenters. The molecule has 0 bridgehead atoms. The Labute approximate surface area is 164 Å². The summed E-state index contributed by atoms with van der Waals surface area (Å²) in [5.41, 5.74) is 1.71. The van der Waals surface area contributed by atoms with Gasteiger partial charge in [-0.15, -0.1) is 10.2 Å². The van der Waals surface area contributed by atoms with Gasteiger partial charge in [-0.05, 0) is 42.8 Å². The van der Waals surface area contributed by atoms with Gasteiger partial charge in [0.15, 0.2) is 18.1 Å². The minimum Gasteiger partial charge on any atom is -0.484 e. The smallest absolute Gasteiger partial charge is 0.276 e. The third-order valence-electron chi connectivity index (χ3n) is 3.72. The predicted octanol–water partition coefficient (Wildman–Crippen LogP) is 5.17. The van der Waals surface area contributed by atoms with Crippen molar-refractivity contribution < 1.29 is 13.6 Å². The van der Waals surface area contributed by atoms with E-state index in [9.17, 15) is 0 Å².